The number of Topliss-reactive ketones (excluding diaryl/α,β-unsaturated/α-hetero) is 1. The van der Waals surface area contributed by atoms with Crippen LogP contribution < -0.4 is 0 Å². The van der Waals surface area contributed by atoms with Gasteiger partial charge in [0.15, 0.2) is 5.78 Å². The second kappa shape index (κ2) is 3.70. The second-order valence-electron chi connectivity index (χ2n) is 4.28. The predicted molar refractivity (Wildman–Crippen MR) is 71.5 cm³/mol. The van der Waals surface area contributed by atoms with Crippen molar-refractivity contribution in [2.75, 3.05) is 0 Å². The molecule has 3 aromatic carbocycles. The molecule has 0 bridgehead atoms. The third-order valence-corrected chi connectivity index (χ3v) is 3.13. The van der Waals surface area contributed by atoms with Gasteiger partial charge in [0.25, 0.3) is 0 Å². The van der Waals surface area contributed by atoms with Crippen molar-refractivity contribution >= 4 is 27.3 Å². The summed E-state index contributed by atoms with van der Waals surface area (Å²) in [5, 5.41) is 4.55. The Morgan fingerprint density at radius 3 is 2.18 bits per heavy atom. The van der Waals surface area contributed by atoms with Crippen LogP contribution in [0.3, 0.4) is 0 Å². The highest BCUT2D eigenvalue weighted by Crippen LogP contribution is 2.25. The minimum Gasteiger partial charge on any atom is -0.294 e. The van der Waals surface area contributed by atoms with Gasteiger partial charge in [0, 0.05) is 5.56 Å². The zero-order valence-corrected chi connectivity index (χ0v) is 9.60. The Balaban J connectivity index is 2.47. The van der Waals surface area contributed by atoms with Crippen LogP contribution in [0.25, 0.3) is 21.5 Å². The summed E-state index contributed by atoms with van der Waals surface area (Å²) in [7, 11) is 0. The van der Waals surface area contributed by atoms with E-state index in [1.807, 2.05) is 30.3 Å². The maximum atomic E-state index is 11.6. The Morgan fingerprint density at radius 1 is 0.824 bits per heavy atom. The Kier molecular flexibility index (Phi) is 2.19. The molecule has 3 aromatic rings. The van der Waals surface area contributed by atoms with Crippen molar-refractivity contribution in [2.24, 2.45) is 0 Å². The smallest absolute Gasteiger partial charge is 0.160 e. The highest BCUT2D eigenvalue weighted by atomic mass is 16.1. The van der Waals surface area contributed by atoms with Gasteiger partial charge < -0.3 is 0 Å². The Morgan fingerprint density at radius 2 is 1.47 bits per heavy atom. The second-order valence-corrected chi connectivity index (χ2v) is 4.28. The SMILES string of the molecule is CC(=O)c1cccc2cc3ccccc3cc12. The number of fused-ring (bicyclic) bond motifs is 2. The van der Waals surface area contributed by atoms with Crippen LogP contribution in [-0.4, -0.2) is 5.78 Å². The molecule has 82 valence electrons. The third-order valence-electron chi connectivity index (χ3n) is 3.13. The van der Waals surface area contributed by atoms with E-state index in [4.69, 9.17) is 0 Å². The molecule has 0 aliphatic rings. The first kappa shape index (κ1) is 10.0. The lowest BCUT2D eigenvalue weighted by Gasteiger charge is -2.05. The molecule has 0 heterocycles. The van der Waals surface area contributed by atoms with E-state index in [0.29, 0.717) is 0 Å². The topological polar surface area (TPSA) is 17.1 Å². The highest BCUT2D eigenvalue weighted by Gasteiger charge is 2.05. The molecule has 0 saturated heterocycles. The quantitative estimate of drug-likeness (QED) is 0.444. The van der Waals surface area contributed by atoms with Crippen LogP contribution in [0.1, 0.15) is 17.3 Å². The zero-order chi connectivity index (χ0) is 11.8. The van der Waals surface area contributed by atoms with E-state index in [9.17, 15) is 4.79 Å². The van der Waals surface area contributed by atoms with Crippen molar-refractivity contribution in [3.8, 4) is 0 Å². The molecule has 0 aliphatic heterocycles. The van der Waals surface area contributed by atoms with Gasteiger partial charge in [0.05, 0.1) is 0 Å². The summed E-state index contributed by atoms with van der Waals surface area (Å²) in [5.74, 6) is 0.117. The van der Waals surface area contributed by atoms with Gasteiger partial charge in [0.1, 0.15) is 0 Å². The van der Waals surface area contributed by atoms with E-state index in [1.54, 1.807) is 6.92 Å². The highest BCUT2D eigenvalue weighted by molar-refractivity contribution is 6.10. The zero-order valence-electron chi connectivity index (χ0n) is 9.60. The molecule has 0 radical (unpaired) electrons. The largest absolute Gasteiger partial charge is 0.294 e. The van der Waals surface area contributed by atoms with Gasteiger partial charge in [-0.1, -0.05) is 42.5 Å². The number of carbonyl (C=O) groups is 1. The van der Waals surface area contributed by atoms with Crippen LogP contribution in [0, 0.1) is 0 Å². The number of hydrogen-bond acceptors (Lipinski definition) is 1. The molecule has 0 spiro atoms. The molecule has 0 saturated carbocycles. The molecule has 17 heavy (non-hydrogen) atoms. The van der Waals surface area contributed by atoms with Crippen molar-refractivity contribution in [1.82, 2.24) is 0 Å². The minimum atomic E-state index is 0.117. The average Bonchev–Trinajstić information content (AvgIpc) is 2.35. The molecule has 1 nitrogen and oxygen atoms in total. The van der Waals surface area contributed by atoms with Crippen LogP contribution in [0.5, 0.6) is 0 Å². The monoisotopic (exact) mass is 220 g/mol. The average molecular weight is 220 g/mol. The lowest BCUT2D eigenvalue weighted by atomic mass is 9.98. The van der Waals surface area contributed by atoms with Gasteiger partial charge in [0.2, 0.25) is 0 Å². The van der Waals surface area contributed by atoms with E-state index in [1.165, 1.54) is 10.8 Å². The van der Waals surface area contributed by atoms with E-state index in [2.05, 4.69) is 24.3 Å². The van der Waals surface area contributed by atoms with Crippen LogP contribution in [0.4, 0.5) is 0 Å². The Hall–Kier alpha value is -2.15. The molecule has 0 N–H and O–H groups in total. The Labute approximate surface area is 99.7 Å². The predicted octanol–water partition coefficient (Wildman–Crippen LogP) is 4.20. The summed E-state index contributed by atoms with van der Waals surface area (Å²) < 4.78 is 0. The Bertz CT molecular complexity index is 726. The van der Waals surface area contributed by atoms with Gasteiger partial charge >= 0.3 is 0 Å². The van der Waals surface area contributed by atoms with Gasteiger partial charge in [-0.2, -0.15) is 0 Å². The third kappa shape index (κ3) is 1.60. The van der Waals surface area contributed by atoms with E-state index in [-0.39, 0.29) is 5.78 Å². The van der Waals surface area contributed by atoms with E-state index in [0.717, 1.165) is 16.3 Å². The summed E-state index contributed by atoms with van der Waals surface area (Å²) in [6.07, 6.45) is 0. The molecular formula is C16H12O. The molecule has 1 heteroatoms. The fourth-order valence-corrected chi connectivity index (χ4v) is 2.27. The maximum Gasteiger partial charge on any atom is 0.160 e. The van der Waals surface area contributed by atoms with Crippen LogP contribution in [-0.2, 0) is 0 Å². The summed E-state index contributed by atoms with van der Waals surface area (Å²) in [6, 6.07) is 18.3. The van der Waals surface area contributed by atoms with Crippen molar-refractivity contribution in [1.29, 1.82) is 0 Å². The molecule has 0 fully saturated rings. The molecule has 0 atom stereocenters. The number of benzene rings is 3. The number of carbonyl (C=O) groups excluding carboxylic acids is 1. The van der Waals surface area contributed by atoms with Gasteiger partial charge in [-0.25, -0.2) is 0 Å². The minimum absolute atomic E-state index is 0.117. The van der Waals surface area contributed by atoms with Crippen molar-refractivity contribution in [3.63, 3.8) is 0 Å². The van der Waals surface area contributed by atoms with E-state index < -0.39 is 0 Å². The summed E-state index contributed by atoms with van der Waals surface area (Å²) in [4.78, 5) is 11.6. The van der Waals surface area contributed by atoms with Crippen molar-refractivity contribution in [3.05, 3.63) is 60.2 Å². The first-order valence-electron chi connectivity index (χ1n) is 5.68. The lowest BCUT2D eigenvalue weighted by molar-refractivity contribution is 0.101. The molecule has 3 rings (SSSR count). The maximum absolute atomic E-state index is 11.6. The first-order chi connectivity index (χ1) is 8.25. The van der Waals surface area contributed by atoms with Gasteiger partial charge in [-0.3, -0.25) is 4.79 Å². The number of rotatable bonds is 1. The van der Waals surface area contributed by atoms with Crippen LogP contribution in [0.2, 0.25) is 0 Å². The standard InChI is InChI=1S/C16H12O/c1-11(17)15-8-4-7-14-9-12-5-2-3-6-13(12)10-16(14)15/h2-10H,1H3. The lowest BCUT2D eigenvalue weighted by Crippen LogP contribution is -1.93. The summed E-state index contributed by atoms with van der Waals surface area (Å²) in [6.45, 7) is 1.62. The molecular weight excluding hydrogens is 208 g/mol. The fourth-order valence-electron chi connectivity index (χ4n) is 2.27. The van der Waals surface area contributed by atoms with Crippen molar-refractivity contribution < 1.29 is 4.79 Å². The van der Waals surface area contributed by atoms with E-state index >= 15 is 0 Å². The van der Waals surface area contributed by atoms with Gasteiger partial charge in [-0.15, -0.1) is 0 Å². The first-order valence-corrected chi connectivity index (χ1v) is 5.68. The molecule has 0 unspecified atom stereocenters. The van der Waals surface area contributed by atoms with Gasteiger partial charge in [-0.05, 0) is 40.6 Å². The summed E-state index contributed by atoms with van der Waals surface area (Å²) in [5.41, 5.74) is 0.799. The summed E-state index contributed by atoms with van der Waals surface area (Å²) >= 11 is 0. The van der Waals surface area contributed by atoms with Crippen molar-refractivity contribution in [2.45, 2.75) is 6.92 Å². The number of hydrogen-bond donors (Lipinski definition) is 0. The fraction of sp³-hybridized carbons (Fsp3) is 0.0625. The normalized spacial score (nSPS) is 10.9. The molecule has 0 amide bonds. The molecule has 0 aromatic heterocycles. The van der Waals surface area contributed by atoms with Crippen LogP contribution >= 0.6 is 0 Å². The number of ketones is 1. The molecule has 0 aliphatic carbocycles. The van der Waals surface area contributed by atoms with Crippen LogP contribution in [0.15, 0.2) is 54.6 Å².